The van der Waals surface area contributed by atoms with Gasteiger partial charge in [0, 0.05) is 13.7 Å². The lowest BCUT2D eigenvalue weighted by molar-refractivity contribution is -0.113. The van der Waals surface area contributed by atoms with E-state index in [0.717, 1.165) is 59.5 Å². The van der Waals surface area contributed by atoms with Crippen molar-refractivity contribution in [2.24, 2.45) is 7.05 Å². The number of nitrogens with one attached hydrogen (secondary N) is 1. The van der Waals surface area contributed by atoms with Crippen LogP contribution in [-0.4, -0.2) is 43.7 Å². The highest BCUT2D eigenvalue weighted by molar-refractivity contribution is 7.99. The first-order chi connectivity index (χ1) is 14.5. The SMILES string of the molecule is Cc1nn(C)c(C)c1NC(=O)CSc1ncc(-c2ccccc2)n1CC1CCCO1. The van der Waals surface area contributed by atoms with E-state index in [1.807, 2.05) is 45.3 Å². The van der Waals surface area contributed by atoms with Crippen molar-refractivity contribution in [3.05, 3.63) is 47.9 Å². The highest BCUT2D eigenvalue weighted by Crippen LogP contribution is 2.28. The molecule has 0 bridgehead atoms. The minimum atomic E-state index is -0.0628. The van der Waals surface area contributed by atoms with E-state index in [9.17, 15) is 4.79 Å². The van der Waals surface area contributed by atoms with Gasteiger partial charge in [-0.05, 0) is 32.3 Å². The molecule has 1 saturated heterocycles. The molecule has 0 radical (unpaired) electrons. The van der Waals surface area contributed by atoms with E-state index in [0.29, 0.717) is 0 Å². The van der Waals surface area contributed by atoms with E-state index in [4.69, 9.17) is 4.74 Å². The number of ether oxygens (including phenoxy) is 1. The predicted molar refractivity (Wildman–Crippen MR) is 119 cm³/mol. The molecule has 1 atom stereocenters. The lowest BCUT2D eigenvalue weighted by atomic mass is 10.1. The third kappa shape index (κ3) is 4.44. The van der Waals surface area contributed by atoms with Crippen LogP contribution in [0.15, 0.2) is 41.7 Å². The van der Waals surface area contributed by atoms with Crippen molar-refractivity contribution in [3.8, 4) is 11.3 Å². The largest absolute Gasteiger partial charge is 0.376 e. The molecule has 1 N–H and O–H groups in total. The summed E-state index contributed by atoms with van der Waals surface area (Å²) in [6.45, 7) is 5.41. The lowest BCUT2D eigenvalue weighted by Crippen LogP contribution is -2.18. The smallest absolute Gasteiger partial charge is 0.234 e. The molecule has 1 aromatic carbocycles. The Bertz CT molecular complexity index is 1020. The van der Waals surface area contributed by atoms with Crippen LogP contribution in [0.25, 0.3) is 11.3 Å². The monoisotopic (exact) mass is 425 g/mol. The van der Waals surface area contributed by atoms with Crippen LogP contribution in [-0.2, 0) is 23.1 Å². The Kier molecular flexibility index (Phi) is 6.24. The predicted octanol–water partition coefficient (Wildman–Crippen LogP) is 3.81. The summed E-state index contributed by atoms with van der Waals surface area (Å²) in [6, 6.07) is 10.2. The summed E-state index contributed by atoms with van der Waals surface area (Å²) >= 11 is 1.45. The fraction of sp³-hybridized carbons (Fsp3) is 0.409. The number of aryl methyl sites for hydroxylation is 2. The molecule has 3 aromatic rings. The first kappa shape index (κ1) is 20.7. The molecule has 1 unspecified atom stereocenters. The molecule has 7 nitrogen and oxygen atoms in total. The summed E-state index contributed by atoms with van der Waals surface area (Å²) in [4.78, 5) is 17.2. The molecule has 1 aliphatic rings. The number of thioether (sulfide) groups is 1. The minimum absolute atomic E-state index is 0.0628. The summed E-state index contributed by atoms with van der Waals surface area (Å²) < 4.78 is 9.82. The molecule has 1 aliphatic heterocycles. The molecule has 1 fully saturated rings. The number of nitrogens with zero attached hydrogens (tertiary/aromatic N) is 4. The van der Waals surface area contributed by atoms with Gasteiger partial charge in [-0.1, -0.05) is 42.1 Å². The molecule has 0 spiro atoms. The van der Waals surface area contributed by atoms with E-state index in [2.05, 4.69) is 32.1 Å². The Morgan fingerprint density at radius 1 is 1.30 bits per heavy atom. The van der Waals surface area contributed by atoms with Crippen LogP contribution in [0.5, 0.6) is 0 Å². The number of amides is 1. The average Bonchev–Trinajstić information content (AvgIpc) is 3.45. The first-order valence-electron chi connectivity index (χ1n) is 10.2. The molecule has 2 aromatic heterocycles. The van der Waals surface area contributed by atoms with Gasteiger partial charge in [0.05, 0.1) is 47.4 Å². The van der Waals surface area contributed by atoms with E-state index in [-0.39, 0.29) is 17.8 Å². The number of hydrogen-bond acceptors (Lipinski definition) is 5. The number of hydrogen-bond donors (Lipinski definition) is 1. The van der Waals surface area contributed by atoms with Crippen molar-refractivity contribution in [1.82, 2.24) is 19.3 Å². The van der Waals surface area contributed by atoms with Crippen LogP contribution in [0.1, 0.15) is 24.2 Å². The van der Waals surface area contributed by atoms with E-state index >= 15 is 0 Å². The van der Waals surface area contributed by atoms with Crippen molar-refractivity contribution < 1.29 is 9.53 Å². The van der Waals surface area contributed by atoms with E-state index < -0.39 is 0 Å². The number of carbonyl (C=O) groups is 1. The molecule has 30 heavy (non-hydrogen) atoms. The molecule has 0 saturated carbocycles. The summed E-state index contributed by atoms with van der Waals surface area (Å²) in [5.41, 5.74) is 4.71. The summed E-state index contributed by atoms with van der Waals surface area (Å²) in [6.07, 6.45) is 4.22. The standard InChI is InChI=1S/C22H27N5O2S/c1-15-21(16(2)26(3)25-15)24-20(28)14-30-22-23-12-19(17-8-5-4-6-9-17)27(22)13-18-10-7-11-29-18/h4-6,8-9,12,18H,7,10-11,13-14H2,1-3H3,(H,24,28). The van der Waals surface area contributed by atoms with Crippen LogP contribution < -0.4 is 5.32 Å². The van der Waals surface area contributed by atoms with Crippen LogP contribution in [0.3, 0.4) is 0 Å². The second kappa shape index (κ2) is 9.06. The number of carbonyl (C=O) groups excluding carboxylic acids is 1. The quantitative estimate of drug-likeness (QED) is 0.583. The Morgan fingerprint density at radius 2 is 2.10 bits per heavy atom. The van der Waals surface area contributed by atoms with E-state index in [1.165, 1.54) is 11.8 Å². The second-order valence-electron chi connectivity index (χ2n) is 7.54. The van der Waals surface area contributed by atoms with Gasteiger partial charge >= 0.3 is 0 Å². The maximum absolute atomic E-state index is 12.6. The summed E-state index contributed by atoms with van der Waals surface area (Å²) in [5, 5.41) is 8.18. The van der Waals surface area contributed by atoms with Gasteiger partial charge in [-0.2, -0.15) is 5.10 Å². The second-order valence-corrected chi connectivity index (χ2v) is 8.49. The third-order valence-corrected chi connectivity index (χ3v) is 6.40. The zero-order valence-electron chi connectivity index (χ0n) is 17.6. The molecule has 158 valence electrons. The lowest BCUT2D eigenvalue weighted by Gasteiger charge is -2.16. The first-order valence-corrected chi connectivity index (χ1v) is 11.2. The van der Waals surface area contributed by atoms with Crippen molar-refractivity contribution in [1.29, 1.82) is 0 Å². The van der Waals surface area contributed by atoms with E-state index in [1.54, 1.807) is 4.68 Å². The summed E-state index contributed by atoms with van der Waals surface area (Å²) in [5.74, 6) is 0.219. The number of rotatable bonds is 7. The molecule has 3 heterocycles. The van der Waals surface area contributed by atoms with Gasteiger partial charge in [-0.15, -0.1) is 0 Å². The Morgan fingerprint density at radius 3 is 2.77 bits per heavy atom. The highest BCUT2D eigenvalue weighted by Gasteiger charge is 2.21. The van der Waals surface area contributed by atoms with Crippen molar-refractivity contribution >= 4 is 23.4 Å². The number of aromatic nitrogens is 4. The van der Waals surface area contributed by atoms with Gasteiger partial charge < -0.3 is 14.6 Å². The number of anilines is 1. The highest BCUT2D eigenvalue weighted by atomic mass is 32.2. The van der Waals surface area contributed by atoms with Crippen molar-refractivity contribution in [2.45, 2.75) is 44.5 Å². The van der Waals surface area contributed by atoms with Gasteiger partial charge in [0.2, 0.25) is 5.91 Å². The van der Waals surface area contributed by atoms with Crippen molar-refractivity contribution in [3.63, 3.8) is 0 Å². The Balaban J connectivity index is 1.50. The average molecular weight is 426 g/mol. The molecule has 1 amide bonds. The minimum Gasteiger partial charge on any atom is -0.376 e. The van der Waals surface area contributed by atoms with Crippen LogP contribution in [0.2, 0.25) is 0 Å². The number of benzene rings is 1. The fourth-order valence-corrected chi connectivity index (χ4v) is 4.53. The van der Waals surface area contributed by atoms with Crippen molar-refractivity contribution in [2.75, 3.05) is 17.7 Å². The summed E-state index contributed by atoms with van der Waals surface area (Å²) in [7, 11) is 1.87. The number of imidazole rings is 1. The fourth-order valence-electron chi connectivity index (χ4n) is 3.74. The normalized spacial score (nSPS) is 16.2. The third-order valence-electron chi connectivity index (χ3n) is 5.40. The maximum atomic E-state index is 12.6. The van der Waals surface area contributed by atoms with Gasteiger partial charge in [0.15, 0.2) is 5.16 Å². The van der Waals surface area contributed by atoms with Crippen LogP contribution in [0.4, 0.5) is 5.69 Å². The topological polar surface area (TPSA) is 74.0 Å². The van der Waals surface area contributed by atoms with Gasteiger partial charge in [-0.3, -0.25) is 9.48 Å². The zero-order chi connectivity index (χ0) is 21.1. The van der Waals surface area contributed by atoms with Gasteiger partial charge in [0.25, 0.3) is 0 Å². The van der Waals surface area contributed by atoms with Crippen LogP contribution in [0, 0.1) is 13.8 Å². The molecular weight excluding hydrogens is 398 g/mol. The molecule has 4 rings (SSSR count). The Hall–Kier alpha value is -2.58. The molecule has 8 heteroatoms. The van der Waals surface area contributed by atoms with Crippen LogP contribution >= 0.6 is 11.8 Å². The van der Waals surface area contributed by atoms with Gasteiger partial charge in [-0.25, -0.2) is 4.98 Å². The zero-order valence-corrected chi connectivity index (χ0v) is 18.4. The molecule has 0 aliphatic carbocycles. The maximum Gasteiger partial charge on any atom is 0.234 e. The Labute approximate surface area is 180 Å². The van der Waals surface area contributed by atoms with Gasteiger partial charge in [0.1, 0.15) is 0 Å². The molecular formula is C22H27N5O2S.